The van der Waals surface area contributed by atoms with Crippen LogP contribution in [0.3, 0.4) is 0 Å². The van der Waals surface area contributed by atoms with Crippen LogP contribution in [0.25, 0.3) is 5.57 Å². The first kappa shape index (κ1) is 21.0. The molecule has 2 aliphatic heterocycles. The first-order valence-electron chi connectivity index (χ1n) is 10.5. The summed E-state index contributed by atoms with van der Waals surface area (Å²) in [7, 11) is 0. The van der Waals surface area contributed by atoms with Crippen LogP contribution in [-0.2, 0) is 9.59 Å². The normalized spacial score (nSPS) is 17.2. The number of halogens is 2. The molecule has 0 atom stereocenters. The lowest BCUT2D eigenvalue weighted by atomic mass is 10.0. The van der Waals surface area contributed by atoms with Gasteiger partial charge in [0.1, 0.15) is 23.1 Å². The molecule has 0 bridgehead atoms. The monoisotopic (exact) mass is 426 g/mol. The number of anilines is 1. The fourth-order valence-electron chi connectivity index (χ4n) is 4.04. The molecule has 2 aromatic rings. The number of ether oxygens (including phenoxy) is 1. The summed E-state index contributed by atoms with van der Waals surface area (Å²) >= 11 is 0. The standard InChI is InChI=1S/C24H24F2N2O3/c1-15(2)31-18-9-6-16(7-10-18)21-22(27-12-4-3-5-13-27)24(30)28(23(21)29)20-11-8-17(25)14-19(20)26/h6-11,14-15H,3-5,12-13H2,1-2H3. The van der Waals surface area contributed by atoms with Crippen LogP contribution in [0.4, 0.5) is 14.5 Å². The minimum atomic E-state index is -0.957. The van der Waals surface area contributed by atoms with Crippen LogP contribution >= 0.6 is 0 Å². The van der Waals surface area contributed by atoms with Gasteiger partial charge in [0.15, 0.2) is 0 Å². The number of likely N-dealkylation sites (tertiary alicyclic amines) is 1. The van der Waals surface area contributed by atoms with Crippen LogP contribution in [0.2, 0.25) is 0 Å². The van der Waals surface area contributed by atoms with Gasteiger partial charge in [-0.15, -0.1) is 0 Å². The molecular formula is C24H24F2N2O3. The molecular weight excluding hydrogens is 402 g/mol. The molecule has 2 heterocycles. The first-order chi connectivity index (χ1) is 14.9. The molecule has 0 N–H and O–H groups in total. The lowest BCUT2D eigenvalue weighted by Crippen LogP contribution is -2.37. The highest BCUT2D eigenvalue weighted by molar-refractivity contribution is 6.45. The van der Waals surface area contributed by atoms with Gasteiger partial charge in [-0.25, -0.2) is 13.7 Å². The van der Waals surface area contributed by atoms with E-state index in [-0.39, 0.29) is 23.1 Å². The van der Waals surface area contributed by atoms with Gasteiger partial charge in [0.2, 0.25) is 0 Å². The topological polar surface area (TPSA) is 49.9 Å². The molecule has 2 aliphatic rings. The summed E-state index contributed by atoms with van der Waals surface area (Å²) in [6.07, 6.45) is 2.87. The Hall–Kier alpha value is -3.22. The number of carbonyl (C=O) groups is 2. The Morgan fingerprint density at radius 1 is 0.903 bits per heavy atom. The van der Waals surface area contributed by atoms with Crippen LogP contribution in [0.5, 0.6) is 5.75 Å². The molecule has 0 radical (unpaired) electrons. The molecule has 7 heteroatoms. The van der Waals surface area contributed by atoms with Crippen LogP contribution in [0, 0.1) is 11.6 Å². The Bertz CT molecular complexity index is 1040. The SMILES string of the molecule is CC(C)Oc1ccc(C2=C(N3CCCCC3)C(=O)N(c3ccc(F)cc3F)C2=O)cc1. The molecule has 1 fully saturated rings. The molecule has 0 spiro atoms. The lowest BCUT2D eigenvalue weighted by Gasteiger charge is -2.29. The van der Waals surface area contributed by atoms with E-state index >= 15 is 0 Å². The second kappa shape index (κ2) is 8.49. The number of nitrogens with zero attached hydrogens (tertiary/aromatic N) is 2. The number of piperidine rings is 1. The van der Waals surface area contributed by atoms with Crippen molar-refractivity contribution in [1.29, 1.82) is 0 Å². The highest BCUT2D eigenvalue weighted by atomic mass is 19.1. The van der Waals surface area contributed by atoms with Crippen molar-refractivity contribution < 1.29 is 23.1 Å². The van der Waals surface area contributed by atoms with Crippen LogP contribution < -0.4 is 9.64 Å². The number of imide groups is 1. The van der Waals surface area contributed by atoms with Gasteiger partial charge in [-0.1, -0.05) is 12.1 Å². The third-order valence-corrected chi connectivity index (χ3v) is 5.40. The second-order valence-electron chi connectivity index (χ2n) is 8.00. The van der Waals surface area contributed by atoms with Crippen LogP contribution in [0.15, 0.2) is 48.2 Å². The van der Waals surface area contributed by atoms with Crippen molar-refractivity contribution in [2.45, 2.75) is 39.2 Å². The number of hydrogen-bond acceptors (Lipinski definition) is 4. The van der Waals surface area contributed by atoms with Crippen molar-refractivity contribution in [3.63, 3.8) is 0 Å². The zero-order valence-corrected chi connectivity index (χ0v) is 17.5. The maximum Gasteiger partial charge on any atom is 0.282 e. The van der Waals surface area contributed by atoms with Gasteiger partial charge in [0.05, 0.1) is 17.4 Å². The fourth-order valence-corrected chi connectivity index (χ4v) is 4.04. The fraction of sp³-hybridized carbons (Fsp3) is 0.333. The van der Waals surface area contributed by atoms with Gasteiger partial charge in [-0.3, -0.25) is 9.59 Å². The van der Waals surface area contributed by atoms with E-state index in [1.807, 2.05) is 18.7 Å². The number of benzene rings is 2. The summed E-state index contributed by atoms with van der Waals surface area (Å²) in [5.41, 5.74) is 0.804. The number of amides is 2. The van der Waals surface area contributed by atoms with Crippen molar-refractivity contribution in [3.8, 4) is 5.75 Å². The number of hydrogen-bond donors (Lipinski definition) is 0. The Morgan fingerprint density at radius 3 is 2.19 bits per heavy atom. The predicted molar refractivity (Wildman–Crippen MR) is 113 cm³/mol. The van der Waals surface area contributed by atoms with E-state index in [1.165, 1.54) is 0 Å². The molecule has 31 heavy (non-hydrogen) atoms. The quantitative estimate of drug-likeness (QED) is 0.660. The van der Waals surface area contributed by atoms with Gasteiger partial charge in [-0.2, -0.15) is 0 Å². The minimum absolute atomic E-state index is 0.000564. The number of rotatable bonds is 5. The van der Waals surface area contributed by atoms with E-state index in [2.05, 4.69) is 0 Å². The lowest BCUT2D eigenvalue weighted by molar-refractivity contribution is -0.120. The third-order valence-electron chi connectivity index (χ3n) is 5.40. The van der Waals surface area contributed by atoms with E-state index in [9.17, 15) is 18.4 Å². The Balaban J connectivity index is 1.78. The van der Waals surface area contributed by atoms with E-state index in [1.54, 1.807) is 24.3 Å². The highest BCUT2D eigenvalue weighted by Gasteiger charge is 2.43. The van der Waals surface area contributed by atoms with Crippen molar-refractivity contribution in [2.75, 3.05) is 18.0 Å². The Labute approximate surface area is 179 Å². The Kier molecular flexibility index (Phi) is 5.76. The summed E-state index contributed by atoms with van der Waals surface area (Å²) in [6, 6.07) is 9.78. The average Bonchev–Trinajstić information content (AvgIpc) is 2.99. The summed E-state index contributed by atoms with van der Waals surface area (Å²) in [4.78, 5) is 29.5. The van der Waals surface area contributed by atoms with E-state index in [0.717, 1.165) is 36.3 Å². The second-order valence-corrected chi connectivity index (χ2v) is 8.00. The molecule has 5 nitrogen and oxygen atoms in total. The zero-order valence-electron chi connectivity index (χ0n) is 17.5. The maximum atomic E-state index is 14.5. The summed E-state index contributed by atoms with van der Waals surface area (Å²) in [6.45, 7) is 5.12. The molecule has 0 aliphatic carbocycles. The van der Waals surface area contributed by atoms with Crippen molar-refractivity contribution >= 4 is 23.1 Å². The molecule has 4 rings (SSSR count). The van der Waals surface area contributed by atoms with E-state index in [4.69, 9.17) is 4.74 Å². The minimum Gasteiger partial charge on any atom is -0.491 e. The van der Waals surface area contributed by atoms with Crippen molar-refractivity contribution in [1.82, 2.24) is 4.90 Å². The van der Waals surface area contributed by atoms with Gasteiger partial charge >= 0.3 is 0 Å². The number of carbonyl (C=O) groups excluding carboxylic acids is 2. The van der Waals surface area contributed by atoms with Gasteiger partial charge < -0.3 is 9.64 Å². The summed E-state index contributed by atoms with van der Waals surface area (Å²) < 4.78 is 33.6. The largest absolute Gasteiger partial charge is 0.491 e. The molecule has 2 amide bonds. The smallest absolute Gasteiger partial charge is 0.282 e. The van der Waals surface area contributed by atoms with Crippen LogP contribution in [-0.4, -0.2) is 35.9 Å². The highest BCUT2D eigenvalue weighted by Crippen LogP contribution is 2.37. The first-order valence-corrected chi connectivity index (χ1v) is 10.5. The summed E-state index contributed by atoms with van der Waals surface area (Å²) in [5.74, 6) is -2.28. The van der Waals surface area contributed by atoms with E-state index in [0.29, 0.717) is 30.5 Å². The van der Waals surface area contributed by atoms with Gasteiger partial charge in [0.25, 0.3) is 11.8 Å². The molecule has 0 saturated carbocycles. The zero-order chi connectivity index (χ0) is 22.1. The summed E-state index contributed by atoms with van der Waals surface area (Å²) in [5, 5.41) is 0. The Morgan fingerprint density at radius 2 is 1.58 bits per heavy atom. The van der Waals surface area contributed by atoms with Crippen LogP contribution in [0.1, 0.15) is 38.7 Å². The molecule has 0 aromatic heterocycles. The average molecular weight is 426 g/mol. The predicted octanol–water partition coefficient (Wildman–Crippen LogP) is 4.52. The van der Waals surface area contributed by atoms with E-state index < -0.39 is 23.4 Å². The van der Waals surface area contributed by atoms with Crippen molar-refractivity contribution in [2.24, 2.45) is 0 Å². The molecule has 2 aromatic carbocycles. The maximum absolute atomic E-state index is 14.5. The molecule has 0 unspecified atom stereocenters. The molecule has 162 valence electrons. The van der Waals surface area contributed by atoms with Crippen molar-refractivity contribution in [3.05, 3.63) is 65.4 Å². The molecule has 1 saturated heterocycles. The third kappa shape index (κ3) is 4.04. The van der Waals surface area contributed by atoms with Gasteiger partial charge in [0, 0.05) is 19.2 Å². The van der Waals surface area contributed by atoms with Gasteiger partial charge in [-0.05, 0) is 62.9 Å².